The molecule has 1 aromatic heterocycles. The summed E-state index contributed by atoms with van der Waals surface area (Å²) in [5, 5.41) is 6.03. The van der Waals surface area contributed by atoms with E-state index in [4.69, 9.17) is 16.0 Å². The quantitative estimate of drug-likeness (QED) is 0.368. The molecule has 3 aromatic rings. The molecular weight excluding hydrogens is 606 g/mol. The van der Waals surface area contributed by atoms with E-state index in [-0.39, 0.29) is 28.8 Å². The molecule has 1 fully saturated rings. The fraction of sp³-hybridized carbons (Fsp3) is 0.419. The number of para-hydroxylation sites is 2. The van der Waals surface area contributed by atoms with Crippen molar-refractivity contribution in [2.45, 2.75) is 64.3 Å². The van der Waals surface area contributed by atoms with Crippen molar-refractivity contribution in [1.29, 1.82) is 0 Å². The van der Waals surface area contributed by atoms with Crippen molar-refractivity contribution < 1.29 is 27.2 Å². The molecule has 2 aliphatic heterocycles. The second-order valence-electron chi connectivity index (χ2n) is 11.4. The molecule has 44 heavy (non-hydrogen) atoms. The van der Waals surface area contributed by atoms with Crippen LogP contribution in [-0.2, 0) is 19.6 Å². The Hall–Kier alpha value is -3.90. The minimum absolute atomic E-state index is 0.0507. The van der Waals surface area contributed by atoms with Gasteiger partial charge in [-0.2, -0.15) is 0 Å². The number of rotatable bonds is 8. The molecule has 1 atom stereocenters. The Labute approximate surface area is 262 Å². The average molecular weight is 642 g/mol. The molecule has 0 spiro atoms. The van der Waals surface area contributed by atoms with E-state index < -0.39 is 27.9 Å². The molecule has 3 heterocycles. The molecule has 0 radical (unpaired) electrons. The van der Waals surface area contributed by atoms with Gasteiger partial charge in [-0.3, -0.25) is 18.7 Å². The summed E-state index contributed by atoms with van der Waals surface area (Å²) in [7, 11) is -4.26. The zero-order valence-corrected chi connectivity index (χ0v) is 26.7. The molecular formula is C31H36ClN5O6S. The number of hydrogen-bond acceptors (Lipinski definition) is 7. The SMILES string of the molecule is Cc1cc(Cl)cc(C)c1S(=O)(=O)N1c2ccccc2NC(=O)C1CC(=O)NCCC1CCN(C(=O)c2nc(C)c(C)o2)CC1. The van der Waals surface area contributed by atoms with Gasteiger partial charge in [0.25, 0.3) is 15.9 Å². The molecule has 0 aliphatic carbocycles. The van der Waals surface area contributed by atoms with Gasteiger partial charge in [0.2, 0.25) is 11.8 Å². The van der Waals surface area contributed by atoms with Gasteiger partial charge in [0.05, 0.1) is 28.4 Å². The smallest absolute Gasteiger partial charge is 0.309 e. The molecule has 0 saturated carbocycles. The van der Waals surface area contributed by atoms with Crippen molar-refractivity contribution >= 4 is 50.7 Å². The summed E-state index contributed by atoms with van der Waals surface area (Å²) in [4.78, 5) is 45.1. The van der Waals surface area contributed by atoms with Crippen LogP contribution in [0.2, 0.25) is 5.02 Å². The molecule has 2 aromatic carbocycles. The number of anilines is 2. The lowest BCUT2D eigenvalue weighted by Gasteiger charge is -2.37. The number of nitrogens with zero attached hydrogens (tertiary/aromatic N) is 3. The van der Waals surface area contributed by atoms with Crippen molar-refractivity contribution in [3.63, 3.8) is 0 Å². The lowest BCUT2D eigenvalue weighted by atomic mass is 9.93. The lowest BCUT2D eigenvalue weighted by Crippen LogP contribution is -2.53. The maximum Gasteiger partial charge on any atom is 0.309 e. The number of amides is 3. The number of hydrogen-bond donors (Lipinski definition) is 2. The minimum atomic E-state index is -4.26. The second-order valence-corrected chi connectivity index (χ2v) is 13.6. The van der Waals surface area contributed by atoms with Crippen LogP contribution >= 0.6 is 11.6 Å². The van der Waals surface area contributed by atoms with Gasteiger partial charge < -0.3 is 20.0 Å². The number of halogens is 1. The zero-order chi connectivity index (χ0) is 31.8. The number of nitrogens with one attached hydrogen (secondary N) is 2. The van der Waals surface area contributed by atoms with Crippen molar-refractivity contribution in [3.05, 3.63) is 69.9 Å². The van der Waals surface area contributed by atoms with E-state index in [0.717, 1.165) is 17.1 Å². The van der Waals surface area contributed by atoms with Gasteiger partial charge >= 0.3 is 5.91 Å². The summed E-state index contributed by atoms with van der Waals surface area (Å²) in [6.45, 7) is 8.37. The number of aromatic nitrogens is 1. The molecule has 11 nitrogen and oxygen atoms in total. The van der Waals surface area contributed by atoms with Gasteiger partial charge in [0, 0.05) is 24.7 Å². The molecule has 1 saturated heterocycles. The van der Waals surface area contributed by atoms with E-state index in [9.17, 15) is 22.8 Å². The molecule has 1 unspecified atom stereocenters. The topological polar surface area (TPSA) is 142 Å². The maximum absolute atomic E-state index is 14.2. The van der Waals surface area contributed by atoms with Crippen LogP contribution in [0.4, 0.5) is 11.4 Å². The molecule has 2 aliphatic rings. The summed E-state index contributed by atoms with van der Waals surface area (Å²) in [6, 6.07) is 8.46. The van der Waals surface area contributed by atoms with Gasteiger partial charge in [-0.1, -0.05) is 23.7 Å². The highest BCUT2D eigenvalue weighted by Crippen LogP contribution is 2.39. The summed E-state index contributed by atoms with van der Waals surface area (Å²) >= 11 is 6.17. The molecule has 13 heteroatoms. The Morgan fingerprint density at radius 3 is 2.39 bits per heavy atom. The van der Waals surface area contributed by atoms with E-state index in [1.807, 2.05) is 0 Å². The van der Waals surface area contributed by atoms with Gasteiger partial charge in [-0.15, -0.1) is 0 Å². The van der Waals surface area contributed by atoms with E-state index in [1.54, 1.807) is 69.0 Å². The van der Waals surface area contributed by atoms with E-state index in [1.165, 1.54) is 0 Å². The summed E-state index contributed by atoms with van der Waals surface area (Å²) < 4.78 is 34.9. The summed E-state index contributed by atoms with van der Waals surface area (Å²) in [5.41, 5.74) is 2.22. The number of likely N-dealkylation sites (tertiary alicyclic amines) is 1. The number of piperidine rings is 1. The largest absolute Gasteiger partial charge is 0.438 e. The number of sulfonamides is 1. The third-order valence-electron chi connectivity index (χ3n) is 8.29. The fourth-order valence-electron chi connectivity index (χ4n) is 5.92. The lowest BCUT2D eigenvalue weighted by molar-refractivity contribution is -0.125. The summed E-state index contributed by atoms with van der Waals surface area (Å²) in [6.07, 6.45) is 1.88. The highest BCUT2D eigenvalue weighted by molar-refractivity contribution is 7.93. The van der Waals surface area contributed by atoms with Crippen LogP contribution in [0.15, 0.2) is 45.7 Å². The third kappa shape index (κ3) is 6.32. The number of oxazole rings is 1. The average Bonchev–Trinajstić information content (AvgIpc) is 3.30. The van der Waals surface area contributed by atoms with Gasteiger partial charge in [-0.25, -0.2) is 13.4 Å². The third-order valence-corrected chi connectivity index (χ3v) is 10.6. The first-order valence-electron chi connectivity index (χ1n) is 14.6. The number of aryl methyl sites for hydroxylation is 4. The summed E-state index contributed by atoms with van der Waals surface area (Å²) in [5.74, 6) is -0.201. The van der Waals surface area contributed by atoms with Crippen LogP contribution in [0.25, 0.3) is 0 Å². The Morgan fingerprint density at radius 1 is 1.09 bits per heavy atom. The molecule has 2 N–H and O–H groups in total. The van der Waals surface area contributed by atoms with Crippen molar-refractivity contribution in [2.24, 2.45) is 5.92 Å². The number of benzene rings is 2. The van der Waals surface area contributed by atoms with Crippen LogP contribution in [0.5, 0.6) is 0 Å². The fourth-order valence-corrected chi connectivity index (χ4v) is 8.30. The molecule has 3 amide bonds. The predicted octanol–water partition coefficient (Wildman–Crippen LogP) is 4.53. The monoisotopic (exact) mass is 641 g/mol. The van der Waals surface area contributed by atoms with Gasteiger partial charge in [0.15, 0.2) is 0 Å². The van der Waals surface area contributed by atoms with E-state index in [0.29, 0.717) is 65.3 Å². The van der Waals surface area contributed by atoms with Crippen molar-refractivity contribution in [2.75, 3.05) is 29.3 Å². The number of fused-ring (bicyclic) bond motifs is 1. The molecule has 0 bridgehead atoms. The minimum Gasteiger partial charge on any atom is -0.438 e. The van der Waals surface area contributed by atoms with Crippen molar-refractivity contribution in [3.8, 4) is 0 Å². The van der Waals surface area contributed by atoms with Gasteiger partial charge in [0.1, 0.15) is 11.8 Å². The first kappa shape index (κ1) is 31.5. The Kier molecular flexibility index (Phi) is 9.03. The van der Waals surface area contributed by atoms with Crippen LogP contribution in [0, 0.1) is 33.6 Å². The maximum atomic E-state index is 14.2. The van der Waals surface area contributed by atoms with Crippen LogP contribution in [0.1, 0.15) is 58.9 Å². The molecule has 234 valence electrons. The predicted molar refractivity (Wildman–Crippen MR) is 166 cm³/mol. The Morgan fingerprint density at radius 2 is 1.75 bits per heavy atom. The number of carbonyl (C=O) groups excluding carboxylic acids is 3. The van der Waals surface area contributed by atoms with Crippen LogP contribution < -0.4 is 14.9 Å². The second kappa shape index (κ2) is 12.6. The first-order valence-corrected chi connectivity index (χ1v) is 16.4. The standard InChI is InChI=1S/C31H36ClN5O6S/c1-18-15-23(32)16-19(2)28(18)44(41,42)37-25-8-6-5-7-24(25)35-29(39)26(37)17-27(38)33-12-9-22-10-13-36(14-11-22)31(40)30-34-20(3)21(4)43-30/h5-8,15-16,22,26H,9-14,17H2,1-4H3,(H,33,38)(H,35,39). The molecule has 5 rings (SSSR count). The van der Waals surface area contributed by atoms with Gasteiger partial charge in [-0.05, 0) is 88.3 Å². The highest BCUT2D eigenvalue weighted by atomic mass is 35.5. The first-order chi connectivity index (χ1) is 20.9. The highest BCUT2D eigenvalue weighted by Gasteiger charge is 2.43. The number of carbonyl (C=O) groups is 3. The normalized spacial score (nSPS) is 17.3. The Balaban J connectivity index is 1.23. The van der Waals surface area contributed by atoms with Crippen LogP contribution in [-0.4, -0.2) is 61.7 Å². The van der Waals surface area contributed by atoms with Crippen LogP contribution in [0.3, 0.4) is 0 Å². The van der Waals surface area contributed by atoms with Crippen molar-refractivity contribution in [1.82, 2.24) is 15.2 Å². The zero-order valence-electron chi connectivity index (χ0n) is 25.1. The van der Waals surface area contributed by atoms with E-state index >= 15 is 0 Å². The van der Waals surface area contributed by atoms with E-state index in [2.05, 4.69) is 15.6 Å². The Bertz CT molecular complexity index is 1670.